The van der Waals surface area contributed by atoms with Crippen LogP contribution in [-0.2, 0) is 0 Å². The summed E-state index contributed by atoms with van der Waals surface area (Å²) in [7, 11) is 0. The molecule has 0 saturated heterocycles. The Morgan fingerprint density at radius 1 is 0.144 bits per heavy atom. The number of hydrogen-bond donors (Lipinski definition) is 0. The molecule has 0 fully saturated rings. The first kappa shape index (κ1) is 82.2. The quantitative estimate of drug-likeness (QED) is 0.0244. The Labute approximate surface area is 586 Å². The van der Waals surface area contributed by atoms with Crippen molar-refractivity contribution in [3.63, 3.8) is 0 Å². The molecular weight excluding hydrogens is 1200 g/mol. The van der Waals surface area contributed by atoms with E-state index in [2.05, 4.69) is 149 Å². The van der Waals surface area contributed by atoms with Crippen LogP contribution in [0.1, 0.15) is 388 Å². The van der Waals surface area contributed by atoms with Crippen LogP contribution >= 0.6 is 70.6 Å². The lowest BCUT2D eigenvalue weighted by molar-refractivity contribution is 0.573. The Kier molecular flexibility index (Phi) is 53.8. The molecule has 0 bridgehead atoms. The molecule has 6 heteroatoms. The van der Waals surface area contributed by atoms with E-state index in [4.69, 9.17) is 0 Å². The van der Waals surface area contributed by atoms with Crippen LogP contribution in [0.4, 0.5) is 0 Å². The minimum Gasteiger partial charge on any atom is -0.125 e. The average molecular weight is 1350 g/mol. The molecule has 0 spiro atoms. The van der Waals surface area contributed by atoms with Crippen molar-refractivity contribution in [1.82, 2.24) is 0 Å². The predicted octanol–water partition coefficient (Wildman–Crippen LogP) is 32.9. The van der Waals surface area contributed by atoms with Crippen LogP contribution in [0.5, 0.6) is 0 Å². The second kappa shape index (κ2) is 58.9. The Bertz CT molecular complexity index is 1850. The van der Waals surface area contributed by atoms with Gasteiger partial charge in [0, 0.05) is 29.4 Å². The first-order chi connectivity index (χ1) is 44.6. The molecule has 0 radical (unpaired) electrons. The number of hydrogen-bond acceptors (Lipinski definition) is 6. The first-order valence-electron chi connectivity index (χ1n) is 39.9. The maximum Gasteiger partial charge on any atom is 0.0215 e. The fraction of sp³-hybridized carbons (Fsp3) is 0.786. The molecule has 4 aromatic carbocycles. The molecule has 90 heavy (non-hydrogen) atoms. The Balaban J connectivity index is 1.80. The van der Waals surface area contributed by atoms with E-state index < -0.39 is 0 Å². The van der Waals surface area contributed by atoms with Gasteiger partial charge in [-0.2, -0.15) is 0 Å². The van der Waals surface area contributed by atoms with E-state index in [1.54, 1.807) is 29.4 Å². The zero-order valence-corrected chi connectivity index (χ0v) is 65.2. The summed E-state index contributed by atoms with van der Waals surface area (Å²) in [6.07, 6.45) is 75.4. The first-order valence-corrected chi connectivity index (χ1v) is 45.8. The van der Waals surface area contributed by atoms with E-state index in [1.165, 1.54) is 414 Å². The highest BCUT2D eigenvalue weighted by Gasteiger charge is 2.20. The van der Waals surface area contributed by atoms with Gasteiger partial charge in [-0.3, -0.25) is 0 Å². The van der Waals surface area contributed by atoms with Crippen LogP contribution in [0.15, 0.2) is 65.8 Å². The molecule has 0 aliphatic carbocycles. The lowest BCUT2D eigenvalue weighted by Crippen LogP contribution is -1.94. The number of rotatable bonds is 66. The third-order valence-corrected chi connectivity index (χ3v) is 26.4. The van der Waals surface area contributed by atoms with Crippen LogP contribution in [0.3, 0.4) is 0 Å². The monoisotopic (exact) mass is 1340 g/mol. The molecule has 0 aliphatic heterocycles. The SMILES string of the molecule is CCCCCCCCCCCSc1cc2c3cc(SCCCCCCCCCCC)c(SCCCCCCCCCCC)cc3c3cc(SCCCCCCCCCCC)c(SCCCCCCCCCCC)cc3c2cc1SCCCCCCCCCCC. The lowest BCUT2D eigenvalue weighted by Gasteiger charge is -2.20. The van der Waals surface area contributed by atoms with E-state index in [1.807, 2.05) is 0 Å². The highest BCUT2D eigenvalue weighted by Crippen LogP contribution is 2.48. The number of thioether (sulfide) groups is 6. The number of benzene rings is 4. The van der Waals surface area contributed by atoms with Gasteiger partial charge in [-0.25, -0.2) is 0 Å². The molecule has 4 rings (SSSR count). The van der Waals surface area contributed by atoms with Crippen molar-refractivity contribution in [1.29, 1.82) is 0 Å². The molecule has 0 N–H and O–H groups in total. The summed E-state index contributed by atoms with van der Waals surface area (Å²) < 4.78 is 0. The second-order valence-corrected chi connectivity index (χ2v) is 34.4. The van der Waals surface area contributed by atoms with Gasteiger partial charge in [0.15, 0.2) is 0 Å². The van der Waals surface area contributed by atoms with Crippen LogP contribution in [0, 0.1) is 0 Å². The normalized spacial score (nSPS) is 11.9. The van der Waals surface area contributed by atoms with Crippen LogP contribution in [0.25, 0.3) is 32.3 Å². The van der Waals surface area contributed by atoms with Crippen molar-refractivity contribution in [2.45, 2.75) is 418 Å². The highest BCUT2D eigenvalue weighted by molar-refractivity contribution is 8.03. The molecule has 0 aromatic heterocycles. The van der Waals surface area contributed by atoms with Gasteiger partial charge in [0.1, 0.15) is 0 Å². The van der Waals surface area contributed by atoms with Crippen LogP contribution in [-0.4, -0.2) is 34.5 Å². The molecule has 516 valence electrons. The van der Waals surface area contributed by atoms with Gasteiger partial charge in [0.2, 0.25) is 0 Å². The Morgan fingerprint density at radius 2 is 0.244 bits per heavy atom. The summed E-state index contributed by atoms with van der Waals surface area (Å²) in [5.41, 5.74) is 0. The van der Waals surface area contributed by atoms with Crippen molar-refractivity contribution in [3.05, 3.63) is 36.4 Å². The Hall–Kier alpha value is -0.240. The van der Waals surface area contributed by atoms with E-state index in [-0.39, 0.29) is 0 Å². The van der Waals surface area contributed by atoms with Gasteiger partial charge in [-0.15, -0.1) is 70.6 Å². The molecular formula is C84H144S6. The smallest absolute Gasteiger partial charge is 0.0215 e. The van der Waals surface area contributed by atoms with Gasteiger partial charge in [0.25, 0.3) is 0 Å². The highest BCUT2D eigenvalue weighted by atomic mass is 32.2. The zero-order chi connectivity index (χ0) is 63.8. The maximum absolute atomic E-state index is 2.75. The average Bonchev–Trinajstić information content (AvgIpc) is 0.735. The standard InChI is InChI=1S/C84H144S6/c1-7-13-19-25-31-37-43-49-55-61-85-79-67-73-74(68-80(79)86-62-56-50-44-38-32-26-20-14-8-2)76-70-82(88-64-58-52-46-40-34-28-22-16-10-4)84(90-66-60-54-48-42-36-30-24-18-12-6)72-78(76)77-71-83(89-65-59-53-47-41-35-29-23-17-11-5)81(69-75(73)77)87-63-57-51-45-39-33-27-21-15-9-3/h67-72H,7-66H2,1-6H3. The van der Waals surface area contributed by atoms with E-state index in [0.717, 1.165) is 0 Å². The van der Waals surface area contributed by atoms with Gasteiger partial charge in [-0.1, -0.05) is 350 Å². The predicted molar refractivity (Wildman–Crippen MR) is 427 cm³/mol. The number of fused-ring (bicyclic) bond motifs is 6. The van der Waals surface area contributed by atoms with Gasteiger partial charge < -0.3 is 0 Å². The molecule has 0 atom stereocenters. The molecule has 0 heterocycles. The topological polar surface area (TPSA) is 0 Å². The van der Waals surface area contributed by atoms with Gasteiger partial charge in [-0.05, 0) is 142 Å². The molecule has 0 nitrogen and oxygen atoms in total. The molecule has 0 saturated carbocycles. The maximum atomic E-state index is 2.75. The fourth-order valence-electron chi connectivity index (χ4n) is 13.3. The minimum atomic E-state index is 1.23. The lowest BCUT2D eigenvalue weighted by atomic mass is 9.94. The van der Waals surface area contributed by atoms with Crippen molar-refractivity contribution in [3.8, 4) is 0 Å². The third kappa shape index (κ3) is 38.1. The third-order valence-electron chi connectivity index (χ3n) is 19.2. The summed E-state index contributed by atoms with van der Waals surface area (Å²) in [4.78, 5) is 9.36. The summed E-state index contributed by atoms with van der Waals surface area (Å²) in [5.74, 6) is 7.40. The zero-order valence-electron chi connectivity index (χ0n) is 60.3. The summed E-state index contributed by atoms with van der Waals surface area (Å²) in [5, 5.41) is 9.11. The molecule has 0 amide bonds. The van der Waals surface area contributed by atoms with E-state index in [0.29, 0.717) is 0 Å². The van der Waals surface area contributed by atoms with Crippen molar-refractivity contribution >= 4 is 103 Å². The molecule has 4 aromatic rings. The van der Waals surface area contributed by atoms with E-state index in [9.17, 15) is 0 Å². The van der Waals surface area contributed by atoms with Crippen molar-refractivity contribution < 1.29 is 0 Å². The Morgan fingerprint density at radius 3 is 0.356 bits per heavy atom. The summed E-state index contributed by atoms with van der Waals surface area (Å²) in [6.45, 7) is 14.1. The number of unbranched alkanes of at least 4 members (excludes halogenated alkanes) is 48. The van der Waals surface area contributed by atoms with Gasteiger partial charge in [0.05, 0.1) is 0 Å². The second-order valence-electron chi connectivity index (χ2n) is 27.6. The van der Waals surface area contributed by atoms with Crippen molar-refractivity contribution in [2.24, 2.45) is 0 Å². The summed E-state index contributed by atoms with van der Waals surface area (Å²) in [6, 6.07) is 16.5. The largest absolute Gasteiger partial charge is 0.125 e. The minimum absolute atomic E-state index is 1.23. The van der Waals surface area contributed by atoms with Crippen LogP contribution < -0.4 is 0 Å². The molecule has 0 aliphatic rings. The molecule has 0 unspecified atom stereocenters. The fourth-order valence-corrected chi connectivity index (χ4v) is 20.1. The summed E-state index contributed by atoms with van der Waals surface area (Å²) >= 11 is 13.2. The van der Waals surface area contributed by atoms with E-state index >= 15 is 0 Å². The van der Waals surface area contributed by atoms with Crippen molar-refractivity contribution in [2.75, 3.05) is 34.5 Å². The van der Waals surface area contributed by atoms with Gasteiger partial charge >= 0.3 is 0 Å². The van der Waals surface area contributed by atoms with Crippen LogP contribution in [0.2, 0.25) is 0 Å².